The summed E-state index contributed by atoms with van der Waals surface area (Å²) in [5, 5.41) is 8.88. The summed E-state index contributed by atoms with van der Waals surface area (Å²) < 4.78 is 0. The van der Waals surface area contributed by atoms with Gasteiger partial charge in [-0.3, -0.25) is 4.90 Å². The Labute approximate surface area is 87.3 Å². The highest BCUT2D eigenvalue weighted by Gasteiger charge is 2.15. The van der Waals surface area contributed by atoms with Crippen molar-refractivity contribution < 1.29 is 0 Å². The number of hydrogen-bond acceptors (Lipinski definition) is 3. The molecule has 0 radical (unpaired) electrons. The van der Waals surface area contributed by atoms with E-state index in [1.807, 2.05) is 7.05 Å². The summed E-state index contributed by atoms with van der Waals surface area (Å²) in [7, 11) is 2.05. The van der Waals surface area contributed by atoms with Gasteiger partial charge in [-0.1, -0.05) is 6.92 Å². The first-order chi connectivity index (χ1) is 6.77. The summed E-state index contributed by atoms with van der Waals surface area (Å²) in [6.07, 6.45) is 3.62. The summed E-state index contributed by atoms with van der Waals surface area (Å²) in [5.74, 6) is 0. The molecule has 0 amide bonds. The zero-order chi connectivity index (χ0) is 10.4. The Morgan fingerprint density at radius 3 is 2.57 bits per heavy atom. The highest BCUT2D eigenvalue weighted by atomic mass is 15.2. The average molecular weight is 195 g/mol. The van der Waals surface area contributed by atoms with Crippen LogP contribution >= 0.6 is 0 Å². The molecule has 80 valence electrons. The van der Waals surface area contributed by atoms with Gasteiger partial charge in [0.05, 0.1) is 12.1 Å². The molecule has 1 aliphatic heterocycles. The van der Waals surface area contributed by atoms with Crippen molar-refractivity contribution in [3.8, 4) is 6.07 Å². The van der Waals surface area contributed by atoms with Crippen LogP contribution in [0.1, 0.15) is 26.2 Å². The van der Waals surface area contributed by atoms with Crippen molar-refractivity contribution in [2.75, 3.05) is 33.2 Å². The van der Waals surface area contributed by atoms with Crippen LogP contribution in [-0.4, -0.2) is 49.1 Å². The van der Waals surface area contributed by atoms with E-state index < -0.39 is 0 Å². The third-order valence-electron chi connectivity index (χ3n) is 3.04. The monoisotopic (exact) mass is 195 g/mol. The Bertz CT molecular complexity index is 191. The minimum absolute atomic E-state index is 0.0950. The van der Waals surface area contributed by atoms with Gasteiger partial charge in [-0.25, -0.2) is 0 Å². The average Bonchev–Trinajstić information content (AvgIpc) is 2.69. The highest BCUT2D eigenvalue weighted by molar-refractivity contribution is 4.89. The van der Waals surface area contributed by atoms with Gasteiger partial charge in [-0.2, -0.15) is 5.26 Å². The molecule has 1 unspecified atom stereocenters. The summed E-state index contributed by atoms with van der Waals surface area (Å²) in [4.78, 5) is 4.65. The maximum atomic E-state index is 8.88. The highest BCUT2D eigenvalue weighted by Crippen LogP contribution is 2.07. The van der Waals surface area contributed by atoms with Gasteiger partial charge in [0, 0.05) is 13.1 Å². The van der Waals surface area contributed by atoms with Crippen molar-refractivity contribution in [2.45, 2.75) is 32.2 Å². The van der Waals surface area contributed by atoms with Crippen molar-refractivity contribution in [2.24, 2.45) is 0 Å². The molecule has 1 rings (SSSR count). The fraction of sp³-hybridized carbons (Fsp3) is 0.909. The number of likely N-dealkylation sites (N-methyl/N-ethyl adjacent to an activating group) is 1. The van der Waals surface area contributed by atoms with Crippen LogP contribution in [-0.2, 0) is 0 Å². The van der Waals surface area contributed by atoms with Crippen LogP contribution in [0.4, 0.5) is 0 Å². The predicted octanol–water partition coefficient (Wildman–Crippen LogP) is 1.32. The van der Waals surface area contributed by atoms with Gasteiger partial charge in [0.15, 0.2) is 0 Å². The van der Waals surface area contributed by atoms with Crippen LogP contribution in [0.25, 0.3) is 0 Å². The van der Waals surface area contributed by atoms with E-state index in [2.05, 4.69) is 22.8 Å². The van der Waals surface area contributed by atoms with Gasteiger partial charge in [-0.05, 0) is 39.4 Å². The Hall–Kier alpha value is -0.590. The molecule has 1 aliphatic rings. The second-order valence-corrected chi connectivity index (χ2v) is 4.08. The van der Waals surface area contributed by atoms with Crippen LogP contribution in [0.3, 0.4) is 0 Å². The predicted molar refractivity (Wildman–Crippen MR) is 58.0 cm³/mol. The normalized spacial score (nSPS) is 19.9. The molecule has 0 bridgehead atoms. The molecule has 0 spiro atoms. The fourth-order valence-electron chi connectivity index (χ4n) is 1.96. The molecule has 0 N–H and O–H groups in total. The number of hydrogen-bond donors (Lipinski definition) is 0. The fourth-order valence-corrected chi connectivity index (χ4v) is 1.96. The van der Waals surface area contributed by atoms with E-state index in [9.17, 15) is 0 Å². The van der Waals surface area contributed by atoms with Crippen LogP contribution in [0.5, 0.6) is 0 Å². The van der Waals surface area contributed by atoms with E-state index in [-0.39, 0.29) is 6.04 Å². The van der Waals surface area contributed by atoms with Gasteiger partial charge < -0.3 is 4.90 Å². The zero-order valence-electron chi connectivity index (χ0n) is 9.37. The molecular formula is C11H21N3. The van der Waals surface area contributed by atoms with Crippen molar-refractivity contribution in [1.82, 2.24) is 9.80 Å². The summed E-state index contributed by atoms with van der Waals surface area (Å²) in [6.45, 7) is 6.70. The molecule has 0 aromatic heterocycles. The minimum atomic E-state index is 0.0950. The molecule has 14 heavy (non-hydrogen) atoms. The smallest absolute Gasteiger partial charge is 0.0973 e. The molecule has 3 nitrogen and oxygen atoms in total. The standard InChI is InChI=1S/C11H21N3/c1-3-11(10-12)13(2)8-9-14-6-4-5-7-14/h11H,3-9H2,1-2H3. The summed E-state index contributed by atoms with van der Waals surface area (Å²) in [6, 6.07) is 2.43. The van der Waals surface area contributed by atoms with Crippen LogP contribution < -0.4 is 0 Å². The maximum Gasteiger partial charge on any atom is 0.0973 e. The van der Waals surface area contributed by atoms with E-state index in [1.165, 1.54) is 25.9 Å². The molecule has 1 atom stereocenters. The first-order valence-electron chi connectivity index (χ1n) is 5.60. The Morgan fingerprint density at radius 1 is 1.43 bits per heavy atom. The van der Waals surface area contributed by atoms with Gasteiger partial charge in [0.25, 0.3) is 0 Å². The second-order valence-electron chi connectivity index (χ2n) is 4.08. The molecule has 1 fully saturated rings. The molecule has 1 saturated heterocycles. The molecule has 0 aromatic rings. The SMILES string of the molecule is CCC(C#N)N(C)CCN1CCCC1. The molecule has 0 saturated carbocycles. The molecule has 1 heterocycles. The van der Waals surface area contributed by atoms with Crippen LogP contribution in [0.2, 0.25) is 0 Å². The zero-order valence-corrected chi connectivity index (χ0v) is 9.37. The molecule has 3 heteroatoms. The van der Waals surface area contributed by atoms with E-state index in [0.29, 0.717) is 0 Å². The quantitative estimate of drug-likeness (QED) is 0.662. The maximum absolute atomic E-state index is 8.88. The topological polar surface area (TPSA) is 30.3 Å². The van der Waals surface area contributed by atoms with Gasteiger partial charge in [0.1, 0.15) is 0 Å². The lowest BCUT2D eigenvalue weighted by Gasteiger charge is -2.24. The second kappa shape index (κ2) is 6.00. The number of rotatable bonds is 5. The number of nitriles is 1. The van der Waals surface area contributed by atoms with E-state index >= 15 is 0 Å². The third-order valence-corrected chi connectivity index (χ3v) is 3.04. The van der Waals surface area contributed by atoms with E-state index in [0.717, 1.165) is 19.5 Å². The van der Waals surface area contributed by atoms with Crippen molar-refractivity contribution in [3.05, 3.63) is 0 Å². The number of likely N-dealkylation sites (tertiary alicyclic amines) is 1. The summed E-state index contributed by atoms with van der Waals surface area (Å²) >= 11 is 0. The van der Waals surface area contributed by atoms with Gasteiger partial charge >= 0.3 is 0 Å². The lowest BCUT2D eigenvalue weighted by atomic mass is 10.2. The first kappa shape index (κ1) is 11.5. The number of nitrogens with zero attached hydrogens (tertiary/aromatic N) is 3. The Kier molecular flexibility index (Phi) is 4.92. The largest absolute Gasteiger partial charge is 0.302 e. The minimum Gasteiger partial charge on any atom is -0.302 e. The first-order valence-corrected chi connectivity index (χ1v) is 5.60. The van der Waals surface area contributed by atoms with Crippen molar-refractivity contribution in [3.63, 3.8) is 0 Å². The van der Waals surface area contributed by atoms with Crippen LogP contribution in [0.15, 0.2) is 0 Å². The molecule has 0 aromatic carbocycles. The lowest BCUT2D eigenvalue weighted by molar-refractivity contribution is 0.230. The lowest BCUT2D eigenvalue weighted by Crippen LogP contribution is -2.36. The Balaban J connectivity index is 2.19. The summed E-state index contributed by atoms with van der Waals surface area (Å²) in [5.41, 5.74) is 0. The Morgan fingerprint density at radius 2 is 2.07 bits per heavy atom. The third kappa shape index (κ3) is 3.28. The molecule has 0 aliphatic carbocycles. The van der Waals surface area contributed by atoms with Crippen molar-refractivity contribution >= 4 is 0 Å². The van der Waals surface area contributed by atoms with E-state index in [4.69, 9.17) is 5.26 Å². The molecular weight excluding hydrogens is 174 g/mol. The van der Waals surface area contributed by atoms with Gasteiger partial charge in [0.2, 0.25) is 0 Å². The van der Waals surface area contributed by atoms with E-state index in [1.54, 1.807) is 0 Å². The van der Waals surface area contributed by atoms with Gasteiger partial charge in [-0.15, -0.1) is 0 Å². The van der Waals surface area contributed by atoms with Crippen LogP contribution in [0, 0.1) is 11.3 Å². The van der Waals surface area contributed by atoms with Crippen molar-refractivity contribution in [1.29, 1.82) is 5.26 Å².